The second kappa shape index (κ2) is 4.66. The van der Waals surface area contributed by atoms with Crippen LogP contribution in [0.2, 0.25) is 0 Å². The Bertz CT molecular complexity index is 216. The molecule has 0 saturated heterocycles. The Kier molecular flexibility index (Phi) is 3.47. The zero-order valence-electron chi connectivity index (χ0n) is 6.97. The molecule has 0 amide bonds. The summed E-state index contributed by atoms with van der Waals surface area (Å²) in [5.74, 6) is 0.498. The van der Waals surface area contributed by atoms with Crippen LogP contribution in [-0.2, 0) is 0 Å². The van der Waals surface area contributed by atoms with Crippen molar-refractivity contribution < 1.29 is 9.84 Å². The van der Waals surface area contributed by atoms with Crippen LogP contribution in [0.15, 0.2) is 18.6 Å². The molecule has 4 heteroatoms. The minimum atomic E-state index is -0.417. The zero-order chi connectivity index (χ0) is 8.81. The first-order chi connectivity index (χ1) is 5.83. The van der Waals surface area contributed by atoms with E-state index in [1.54, 1.807) is 12.3 Å². The largest absolute Gasteiger partial charge is 0.475 e. The summed E-state index contributed by atoms with van der Waals surface area (Å²) in [6.07, 6.45) is 3.28. The van der Waals surface area contributed by atoms with Gasteiger partial charge in [0.1, 0.15) is 12.9 Å². The molecule has 0 aliphatic rings. The Hall–Kier alpha value is -1.16. The van der Waals surface area contributed by atoms with Gasteiger partial charge in [-0.3, -0.25) is 0 Å². The number of ether oxygens (including phenoxy) is 1. The van der Waals surface area contributed by atoms with Crippen molar-refractivity contribution in [2.75, 3.05) is 6.61 Å². The van der Waals surface area contributed by atoms with E-state index in [9.17, 15) is 0 Å². The molecule has 4 nitrogen and oxygen atoms in total. The normalized spacial score (nSPS) is 12.5. The first-order valence-electron chi connectivity index (χ1n) is 3.89. The summed E-state index contributed by atoms with van der Waals surface area (Å²) in [4.78, 5) is 7.58. The van der Waals surface area contributed by atoms with Crippen molar-refractivity contribution in [2.24, 2.45) is 0 Å². The molecule has 66 valence electrons. The standard InChI is InChI=1S/C8H12N2O2/c1-2-7(11)5-12-8-3-4-9-6-10-8/h3-4,6-7,11H,2,5H2,1H3. The van der Waals surface area contributed by atoms with E-state index in [-0.39, 0.29) is 6.61 Å². The van der Waals surface area contributed by atoms with E-state index in [0.717, 1.165) is 0 Å². The van der Waals surface area contributed by atoms with Gasteiger partial charge in [-0.2, -0.15) is 0 Å². The van der Waals surface area contributed by atoms with Gasteiger partial charge >= 0.3 is 0 Å². The van der Waals surface area contributed by atoms with Crippen LogP contribution in [0, 0.1) is 0 Å². The number of nitrogens with zero attached hydrogens (tertiary/aromatic N) is 2. The number of aromatic nitrogens is 2. The van der Waals surface area contributed by atoms with Gasteiger partial charge in [0, 0.05) is 12.3 Å². The third kappa shape index (κ3) is 2.84. The van der Waals surface area contributed by atoms with Crippen LogP contribution in [0.1, 0.15) is 13.3 Å². The van der Waals surface area contributed by atoms with E-state index in [2.05, 4.69) is 9.97 Å². The van der Waals surface area contributed by atoms with Crippen molar-refractivity contribution in [3.05, 3.63) is 18.6 Å². The molecule has 0 aromatic carbocycles. The predicted octanol–water partition coefficient (Wildman–Crippen LogP) is 0.626. The molecule has 0 saturated carbocycles. The topological polar surface area (TPSA) is 55.2 Å². The van der Waals surface area contributed by atoms with Crippen molar-refractivity contribution in [3.8, 4) is 5.88 Å². The average molecular weight is 168 g/mol. The van der Waals surface area contributed by atoms with Crippen LogP contribution in [0.5, 0.6) is 5.88 Å². The van der Waals surface area contributed by atoms with Crippen LogP contribution in [-0.4, -0.2) is 27.8 Å². The second-order valence-electron chi connectivity index (χ2n) is 2.42. The van der Waals surface area contributed by atoms with E-state index in [4.69, 9.17) is 9.84 Å². The molecule has 0 radical (unpaired) electrons. The van der Waals surface area contributed by atoms with Gasteiger partial charge in [0.25, 0.3) is 0 Å². The fraction of sp³-hybridized carbons (Fsp3) is 0.500. The van der Waals surface area contributed by atoms with E-state index >= 15 is 0 Å². The molecule has 1 aromatic rings. The molecule has 1 unspecified atom stereocenters. The van der Waals surface area contributed by atoms with Gasteiger partial charge in [-0.15, -0.1) is 0 Å². The molecule has 0 spiro atoms. The summed E-state index contributed by atoms with van der Waals surface area (Å²) in [7, 11) is 0. The zero-order valence-corrected chi connectivity index (χ0v) is 6.97. The molecule has 0 bridgehead atoms. The van der Waals surface area contributed by atoms with Gasteiger partial charge in [0.2, 0.25) is 5.88 Å². The molecule has 0 aliphatic carbocycles. The van der Waals surface area contributed by atoms with Crippen LogP contribution >= 0.6 is 0 Å². The Labute approximate surface area is 71.2 Å². The highest BCUT2D eigenvalue weighted by molar-refractivity contribution is 5.04. The highest BCUT2D eigenvalue weighted by atomic mass is 16.5. The maximum atomic E-state index is 9.15. The molecule has 1 N–H and O–H groups in total. The van der Waals surface area contributed by atoms with Gasteiger partial charge in [0.05, 0.1) is 6.10 Å². The number of hydrogen-bond donors (Lipinski definition) is 1. The first-order valence-corrected chi connectivity index (χ1v) is 3.89. The van der Waals surface area contributed by atoms with E-state index in [0.29, 0.717) is 12.3 Å². The number of hydrogen-bond acceptors (Lipinski definition) is 4. The van der Waals surface area contributed by atoms with Crippen molar-refractivity contribution >= 4 is 0 Å². The van der Waals surface area contributed by atoms with Crippen molar-refractivity contribution in [1.82, 2.24) is 9.97 Å². The lowest BCUT2D eigenvalue weighted by atomic mass is 10.3. The Morgan fingerprint density at radius 1 is 1.67 bits per heavy atom. The molecule has 0 fully saturated rings. The molecular weight excluding hydrogens is 156 g/mol. The van der Waals surface area contributed by atoms with Gasteiger partial charge in [-0.1, -0.05) is 6.92 Å². The minimum absolute atomic E-state index is 0.285. The summed E-state index contributed by atoms with van der Waals surface area (Å²) in [6, 6.07) is 1.66. The monoisotopic (exact) mass is 168 g/mol. The van der Waals surface area contributed by atoms with Crippen LogP contribution in [0.3, 0.4) is 0 Å². The number of rotatable bonds is 4. The van der Waals surface area contributed by atoms with Crippen molar-refractivity contribution in [2.45, 2.75) is 19.4 Å². The van der Waals surface area contributed by atoms with E-state index in [1.165, 1.54) is 6.33 Å². The van der Waals surface area contributed by atoms with E-state index < -0.39 is 6.10 Å². The highest BCUT2D eigenvalue weighted by Gasteiger charge is 2.01. The SMILES string of the molecule is CCC(O)COc1ccncn1. The first kappa shape index (κ1) is 8.93. The molecular formula is C8H12N2O2. The lowest BCUT2D eigenvalue weighted by molar-refractivity contribution is 0.102. The van der Waals surface area contributed by atoms with Gasteiger partial charge in [-0.05, 0) is 6.42 Å². The maximum Gasteiger partial charge on any atom is 0.216 e. The molecule has 0 aliphatic heterocycles. The highest BCUT2D eigenvalue weighted by Crippen LogP contribution is 2.02. The van der Waals surface area contributed by atoms with Crippen molar-refractivity contribution in [3.63, 3.8) is 0 Å². The molecule has 1 heterocycles. The quantitative estimate of drug-likeness (QED) is 0.716. The lowest BCUT2D eigenvalue weighted by Gasteiger charge is -2.08. The van der Waals surface area contributed by atoms with Crippen LogP contribution < -0.4 is 4.74 Å². The van der Waals surface area contributed by atoms with E-state index in [1.807, 2.05) is 6.92 Å². The summed E-state index contributed by atoms with van der Waals surface area (Å²) in [6.45, 7) is 2.18. The summed E-state index contributed by atoms with van der Waals surface area (Å²) in [5, 5.41) is 9.15. The lowest BCUT2D eigenvalue weighted by Crippen LogP contribution is -2.16. The summed E-state index contributed by atoms with van der Waals surface area (Å²) in [5.41, 5.74) is 0. The van der Waals surface area contributed by atoms with Gasteiger partial charge < -0.3 is 9.84 Å². The fourth-order valence-corrected chi connectivity index (χ4v) is 0.663. The number of aliphatic hydroxyl groups excluding tert-OH is 1. The third-order valence-corrected chi connectivity index (χ3v) is 1.45. The van der Waals surface area contributed by atoms with Gasteiger partial charge in [-0.25, -0.2) is 9.97 Å². The third-order valence-electron chi connectivity index (χ3n) is 1.45. The fourth-order valence-electron chi connectivity index (χ4n) is 0.663. The second-order valence-corrected chi connectivity index (χ2v) is 2.42. The molecule has 12 heavy (non-hydrogen) atoms. The van der Waals surface area contributed by atoms with Crippen LogP contribution in [0.25, 0.3) is 0 Å². The molecule has 1 atom stereocenters. The molecule has 1 aromatic heterocycles. The number of aliphatic hydroxyl groups is 1. The average Bonchev–Trinajstić information content (AvgIpc) is 2.16. The Balaban J connectivity index is 2.33. The molecule has 1 rings (SSSR count). The predicted molar refractivity (Wildman–Crippen MR) is 43.8 cm³/mol. The minimum Gasteiger partial charge on any atom is -0.475 e. The smallest absolute Gasteiger partial charge is 0.216 e. The van der Waals surface area contributed by atoms with Crippen LogP contribution in [0.4, 0.5) is 0 Å². The van der Waals surface area contributed by atoms with Gasteiger partial charge in [0.15, 0.2) is 0 Å². The Morgan fingerprint density at radius 2 is 2.50 bits per heavy atom. The Morgan fingerprint density at radius 3 is 3.08 bits per heavy atom. The summed E-state index contributed by atoms with van der Waals surface area (Å²) >= 11 is 0. The van der Waals surface area contributed by atoms with Crippen molar-refractivity contribution in [1.29, 1.82) is 0 Å². The maximum absolute atomic E-state index is 9.15. The summed E-state index contributed by atoms with van der Waals surface area (Å²) < 4.78 is 5.16.